The Labute approximate surface area is 242 Å². The van der Waals surface area contributed by atoms with Crippen LogP contribution in [-0.4, -0.2) is 20.7 Å². The number of benzene rings is 5. The Hall–Kier alpha value is -3.97. The first-order chi connectivity index (χ1) is 19.6. The summed E-state index contributed by atoms with van der Waals surface area (Å²) in [6, 6.07) is 53.3. The fourth-order valence-electron chi connectivity index (χ4n) is 7.45. The predicted octanol–water partition coefficient (Wildman–Crippen LogP) is 7.67. The van der Waals surface area contributed by atoms with Gasteiger partial charge in [-0.15, -0.1) is 0 Å². The van der Waals surface area contributed by atoms with Crippen molar-refractivity contribution < 1.29 is 4.79 Å². The Balaban J connectivity index is 1.66. The third-order valence-electron chi connectivity index (χ3n) is 8.86. The van der Waals surface area contributed by atoms with Crippen LogP contribution in [0, 0.1) is 0 Å². The molecule has 2 heteroatoms. The van der Waals surface area contributed by atoms with Gasteiger partial charge in [0.05, 0.1) is 0 Å². The minimum absolute atomic E-state index is 0.0263. The molecule has 40 heavy (non-hydrogen) atoms. The number of allylic oxidation sites excluding steroid dienone is 2. The second kappa shape index (κ2) is 9.59. The normalized spacial score (nSPS) is 25.4. The van der Waals surface area contributed by atoms with Crippen LogP contribution >= 0.6 is 0 Å². The van der Waals surface area contributed by atoms with Crippen LogP contribution in [-0.2, 0) is 15.6 Å². The number of hydrogen-bond donors (Lipinski definition) is 0. The van der Waals surface area contributed by atoms with Gasteiger partial charge in [-0.25, -0.2) is 0 Å². The first-order valence-electron chi connectivity index (χ1n) is 13.9. The van der Waals surface area contributed by atoms with Crippen molar-refractivity contribution in [3.8, 4) is 0 Å². The van der Waals surface area contributed by atoms with E-state index in [4.69, 9.17) is 0 Å². The molecule has 2 aliphatic rings. The predicted molar refractivity (Wildman–Crippen MR) is 166 cm³/mol. The minimum atomic E-state index is -0.799. The number of fused-ring (bicyclic) bond motifs is 2. The van der Waals surface area contributed by atoms with Crippen molar-refractivity contribution in [2.24, 2.45) is 0 Å². The Bertz CT molecular complexity index is 1700. The quantitative estimate of drug-likeness (QED) is 0.188. The van der Waals surface area contributed by atoms with Gasteiger partial charge in [0.2, 0.25) is 0 Å². The van der Waals surface area contributed by atoms with Gasteiger partial charge < -0.3 is 0 Å². The number of hydrogen-bond acceptors (Lipinski definition) is 1. The SMILES string of the molecule is CC1([Se]c2ccccc2)CC2(c3ccccc3)C(=O)C1(c1ccccc1)C(c1ccccc1)=C2c1ccccc1. The van der Waals surface area contributed by atoms with Crippen molar-refractivity contribution in [3.63, 3.8) is 0 Å². The zero-order valence-electron chi connectivity index (χ0n) is 22.5. The van der Waals surface area contributed by atoms with Crippen molar-refractivity contribution in [3.05, 3.63) is 174 Å². The molecule has 1 saturated carbocycles. The molecule has 3 atom stereocenters. The van der Waals surface area contributed by atoms with Gasteiger partial charge in [0, 0.05) is 0 Å². The molecule has 0 aliphatic heterocycles. The van der Waals surface area contributed by atoms with Crippen LogP contribution in [0.5, 0.6) is 0 Å². The molecule has 0 amide bonds. The van der Waals surface area contributed by atoms with Crippen LogP contribution in [0.4, 0.5) is 0 Å². The van der Waals surface area contributed by atoms with Crippen LogP contribution in [0.2, 0.25) is 4.31 Å². The number of carbonyl (C=O) groups excluding carboxylic acids is 1. The van der Waals surface area contributed by atoms with Crippen molar-refractivity contribution >= 4 is 36.3 Å². The van der Waals surface area contributed by atoms with Crippen molar-refractivity contribution in [2.45, 2.75) is 28.5 Å². The van der Waals surface area contributed by atoms with E-state index in [1.54, 1.807) is 0 Å². The molecule has 1 nitrogen and oxygen atoms in total. The average Bonchev–Trinajstić information content (AvgIpc) is 3.37. The maximum atomic E-state index is 15.8. The molecule has 0 radical (unpaired) electrons. The van der Waals surface area contributed by atoms with Crippen molar-refractivity contribution in [2.75, 3.05) is 0 Å². The topological polar surface area (TPSA) is 17.1 Å². The summed E-state index contributed by atoms with van der Waals surface area (Å²) in [7, 11) is 0. The molecule has 2 bridgehead atoms. The van der Waals surface area contributed by atoms with Gasteiger partial charge in [0.15, 0.2) is 0 Å². The Kier molecular flexibility index (Phi) is 6.00. The van der Waals surface area contributed by atoms with Gasteiger partial charge in [-0.1, -0.05) is 0 Å². The molecule has 194 valence electrons. The van der Waals surface area contributed by atoms with Crippen LogP contribution in [0.3, 0.4) is 0 Å². The van der Waals surface area contributed by atoms with E-state index in [0.29, 0.717) is 5.78 Å². The number of Topliss-reactive ketones (excluding diaryl/α,β-unsaturated/α-hetero) is 1. The molecule has 3 unspecified atom stereocenters. The van der Waals surface area contributed by atoms with E-state index in [1.807, 2.05) is 0 Å². The van der Waals surface area contributed by atoms with E-state index in [0.717, 1.165) is 28.7 Å². The number of ketones is 1. The fraction of sp³-hybridized carbons (Fsp3) is 0.132. The van der Waals surface area contributed by atoms with E-state index in [1.165, 1.54) is 15.6 Å². The van der Waals surface area contributed by atoms with Crippen molar-refractivity contribution in [1.29, 1.82) is 0 Å². The molecule has 7 rings (SSSR count). The van der Waals surface area contributed by atoms with Gasteiger partial charge >= 0.3 is 244 Å². The summed E-state index contributed by atoms with van der Waals surface area (Å²) in [5, 5.41) is 0. The summed E-state index contributed by atoms with van der Waals surface area (Å²) in [5.41, 5.74) is 5.24. The summed E-state index contributed by atoms with van der Waals surface area (Å²) in [5.74, 6) is 0.315. The third-order valence-corrected chi connectivity index (χ3v) is 11.8. The van der Waals surface area contributed by atoms with Crippen LogP contribution in [0.15, 0.2) is 152 Å². The van der Waals surface area contributed by atoms with Crippen LogP contribution in [0.1, 0.15) is 35.6 Å². The monoisotopic (exact) mass is 582 g/mol. The molecule has 5 aromatic carbocycles. The van der Waals surface area contributed by atoms with Gasteiger partial charge in [-0.05, 0) is 0 Å². The first-order valence-corrected chi connectivity index (χ1v) is 15.6. The van der Waals surface area contributed by atoms with Gasteiger partial charge in [-0.2, -0.15) is 0 Å². The van der Waals surface area contributed by atoms with Gasteiger partial charge in [-0.3, -0.25) is 0 Å². The van der Waals surface area contributed by atoms with E-state index in [2.05, 4.69) is 159 Å². The van der Waals surface area contributed by atoms with Crippen molar-refractivity contribution in [1.82, 2.24) is 0 Å². The fourth-order valence-corrected chi connectivity index (χ4v) is 10.7. The summed E-state index contributed by atoms with van der Waals surface area (Å²) in [4.78, 5) is 15.8. The van der Waals surface area contributed by atoms with Gasteiger partial charge in [0.25, 0.3) is 0 Å². The second-order valence-electron chi connectivity index (χ2n) is 11.0. The van der Waals surface area contributed by atoms with Crippen LogP contribution < -0.4 is 4.46 Å². The summed E-state index contributed by atoms with van der Waals surface area (Å²) < 4.78 is 1.02. The maximum absolute atomic E-state index is 15.8. The van der Waals surface area contributed by atoms with E-state index < -0.39 is 10.8 Å². The summed E-state index contributed by atoms with van der Waals surface area (Å²) in [6.45, 7) is 2.39. The molecule has 0 saturated heterocycles. The summed E-state index contributed by atoms with van der Waals surface area (Å²) >= 11 is 0.0263. The first kappa shape index (κ1) is 25.0. The standard InChI is InChI=1S/C38H30OSe/c1-36(40-32-25-15-6-16-26-32)27-37(30-21-11-4-12-22-30)33(28-17-7-2-8-18-28)34(29-19-9-3-10-20-29)38(36,35(37)39)31-23-13-5-14-24-31/h2-26H,27H2,1H3. The third kappa shape index (κ3) is 3.43. The Morgan fingerprint density at radius 1 is 0.525 bits per heavy atom. The molecule has 0 spiro atoms. The molecule has 2 aliphatic carbocycles. The molecule has 5 aromatic rings. The average molecular weight is 582 g/mol. The molecular weight excluding hydrogens is 551 g/mol. The zero-order valence-corrected chi connectivity index (χ0v) is 24.2. The number of rotatable bonds is 6. The molecule has 0 N–H and O–H groups in total. The van der Waals surface area contributed by atoms with Crippen LogP contribution in [0.25, 0.3) is 11.1 Å². The van der Waals surface area contributed by atoms with E-state index in [9.17, 15) is 0 Å². The molecule has 0 heterocycles. The second-order valence-corrected chi connectivity index (χ2v) is 14.3. The van der Waals surface area contributed by atoms with E-state index in [-0.39, 0.29) is 19.3 Å². The summed E-state index contributed by atoms with van der Waals surface area (Å²) in [6.07, 6.45) is 0.771. The Morgan fingerprint density at radius 3 is 1.48 bits per heavy atom. The molecule has 0 aromatic heterocycles. The Morgan fingerprint density at radius 2 is 0.950 bits per heavy atom. The number of carbonyl (C=O) groups is 1. The molecular formula is C38H30OSe. The zero-order chi connectivity index (χ0) is 27.2. The van der Waals surface area contributed by atoms with Gasteiger partial charge in [0.1, 0.15) is 0 Å². The van der Waals surface area contributed by atoms with E-state index >= 15 is 4.79 Å². The molecule has 1 fully saturated rings.